The van der Waals surface area contributed by atoms with Crippen LogP contribution in [0.25, 0.3) is 0 Å². The second-order valence-electron chi connectivity index (χ2n) is 4.24. The van der Waals surface area contributed by atoms with Crippen LogP contribution in [-0.2, 0) is 16.6 Å². The van der Waals surface area contributed by atoms with Gasteiger partial charge < -0.3 is 0 Å². The molecule has 0 radical (unpaired) electrons. The normalized spacial score (nSPS) is 11.1. The minimum Gasteiger partial charge on any atom is -0.207 e. The van der Waals surface area contributed by atoms with E-state index in [4.69, 9.17) is 28.5 Å². The maximum absolute atomic E-state index is 12.2. The van der Waals surface area contributed by atoms with E-state index in [0.29, 0.717) is 5.56 Å². The summed E-state index contributed by atoms with van der Waals surface area (Å²) < 4.78 is 26.8. The minimum absolute atomic E-state index is 0.00800. The molecule has 0 aromatic heterocycles. The molecule has 0 aliphatic rings. The molecule has 4 nitrogen and oxygen atoms in total. The lowest BCUT2D eigenvalue weighted by Gasteiger charge is -2.08. The summed E-state index contributed by atoms with van der Waals surface area (Å²) in [5.41, 5.74) is 1.26. The van der Waals surface area contributed by atoms with E-state index in [9.17, 15) is 8.42 Å². The lowest BCUT2D eigenvalue weighted by Crippen LogP contribution is -2.23. The van der Waals surface area contributed by atoms with Crippen LogP contribution in [0.5, 0.6) is 0 Å². The molecule has 0 bridgehead atoms. The molecule has 0 saturated heterocycles. The maximum Gasteiger partial charge on any atom is 0.240 e. The van der Waals surface area contributed by atoms with E-state index in [0.717, 1.165) is 5.56 Å². The summed E-state index contributed by atoms with van der Waals surface area (Å²) in [5.74, 6) is 0. The molecule has 0 heterocycles. The molecule has 0 atom stereocenters. The number of rotatable bonds is 4. The first-order valence-electron chi connectivity index (χ1n) is 5.85. The SMILES string of the molecule is N#Cc1ccc(CNS(=O)(=O)c2cc(Cl)cc(Cl)c2)cc1. The number of sulfonamides is 1. The van der Waals surface area contributed by atoms with Crippen molar-refractivity contribution in [3.63, 3.8) is 0 Å². The van der Waals surface area contributed by atoms with Crippen LogP contribution in [0, 0.1) is 11.3 Å². The molecule has 0 fully saturated rings. The Bertz CT molecular complexity index is 776. The van der Waals surface area contributed by atoms with Crippen LogP contribution in [0.2, 0.25) is 10.0 Å². The third-order valence-corrected chi connectivity index (χ3v) is 4.51. The zero-order valence-corrected chi connectivity index (χ0v) is 13.0. The largest absolute Gasteiger partial charge is 0.240 e. The fourth-order valence-electron chi connectivity index (χ4n) is 1.64. The quantitative estimate of drug-likeness (QED) is 0.927. The van der Waals surface area contributed by atoms with E-state index in [1.807, 2.05) is 6.07 Å². The third-order valence-electron chi connectivity index (χ3n) is 2.70. The van der Waals surface area contributed by atoms with Gasteiger partial charge in [0.15, 0.2) is 0 Å². The summed E-state index contributed by atoms with van der Waals surface area (Å²) in [4.78, 5) is 0.00800. The second-order valence-corrected chi connectivity index (χ2v) is 6.88. The molecule has 1 N–H and O–H groups in total. The summed E-state index contributed by atoms with van der Waals surface area (Å²) in [7, 11) is -3.70. The predicted molar refractivity (Wildman–Crippen MR) is 81.6 cm³/mol. The van der Waals surface area contributed by atoms with Gasteiger partial charge in [-0.3, -0.25) is 0 Å². The zero-order chi connectivity index (χ0) is 15.5. The Balaban J connectivity index is 2.15. The van der Waals surface area contributed by atoms with Gasteiger partial charge in [-0.1, -0.05) is 35.3 Å². The van der Waals surface area contributed by atoms with Gasteiger partial charge >= 0.3 is 0 Å². The molecule has 2 rings (SSSR count). The van der Waals surface area contributed by atoms with Crippen molar-refractivity contribution in [2.75, 3.05) is 0 Å². The van der Waals surface area contributed by atoms with Gasteiger partial charge in [0.2, 0.25) is 10.0 Å². The van der Waals surface area contributed by atoms with E-state index < -0.39 is 10.0 Å². The highest BCUT2D eigenvalue weighted by atomic mass is 35.5. The molecular weight excluding hydrogens is 331 g/mol. The van der Waals surface area contributed by atoms with Gasteiger partial charge in [-0.25, -0.2) is 13.1 Å². The van der Waals surface area contributed by atoms with E-state index in [1.54, 1.807) is 24.3 Å². The van der Waals surface area contributed by atoms with Gasteiger partial charge in [-0.2, -0.15) is 5.26 Å². The van der Waals surface area contributed by atoms with Gasteiger partial charge in [0.05, 0.1) is 16.5 Å². The van der Waals surface area contributed by atoms with Gasteiger partial charge in [0.1, 0.15) is 0 Å². The van der Waals surface area contributed by atoms with Crippen molar-refractivity contribution in [1.29, 1.82) is 5.26 Å². The van der Waals surface area contributed by atoms with Crippen molar-refractivity contribution in [2.24, 2.45) is 0 Å². The Labute approximate surface area is 133 Å². The Hall–Kier alpha value is -1.58. The molecule has 0 unspecified atom stereocenters. The van der Waals surface area contributed by atoms with Crippen molar-refractivity contribution in [2.45, 2.75) is 11.4 Å². The van der Waals surface area contributed by atoms with Crippen molar-refractivity contribution in [3.05, 3.63) is 63.6 Å². The lowest BCUT2D eigenvalue weighted by molar-refractivity contribution is 0.581. The average Bonchev–Trinajstić information content (AvgIpc) is 2.45. The smallest absolute Gasteiger partial charge is 0.207 e. The number of halogens is 2. The van der Waals surface area contributed by atoms with E-state index in [-0.39, 0.29) is 21.5 Å². The number of nitrogens with zero attached hydrogens (tertiary/aromatic N) is 1. The van der Waals surface area contributed by atoms with E-state index in [1.165, 1.54) is 18.2 Å². The molecule has 0 aliphatic heterocycles. The highest BCUT2D eigenvalue weighted by molar-refractivity contribution is 7.89. The molecule has 2 aromatic carbocycles. The van der Waals surface area contributed by atoms with Crippen LogP contribution in [-0.4, -0.2) is 8.42 Å². The molecule has 0 spiro atoms. The van der Waals surface area contributed by atoms with Crippen LogP contribution in [0.4, 0.5) is 0 Å². The molecule has 108 valence electrons. The first kappa shape index (κ1) is 15.8. The second kappa shape index (κ2) is 6.46. The fourth-order valence-corrected chi connectivity index (χ4v) is 3.39. The summed E-state index contributed by atoms with van der Waals surface area (Å²) in [6.45, 7) is 0.109. The minimum atomic E-state index is -3.70. The number of benzene rings is 2. The van der Waals surface area contributed by atoms with Gasteiger partial charge in [-0.05, 0) is 35.9 Å². The van der Waals surface area contributed by atoms with Crippen molar-refractivity contribution in [3.8, 4) is 6.07 Å². The summed E-state index contributed by atoms with van der Waals surface area (Å²) in [6.07, 6.45) is 0. The molecule has 21 heavy (non-hydrogen) atoms. The van der Waals surface area contributed by atoms with Crippen LogP contribution < -0.4 is 4.72 Å². The Kier molecular flexibility index (Phi) is 4.86. The molecular formula is C14H10Cl2N2O2S. The number of hydrogen-bond donors (Lipinski definition) is 1. The summed E-state index contributed by atoms with van der Waals surface area (Å²) in [6, 6.07) is 12.7. The fraction of sp³-hybridized carbons (Fsp3) is 0.0714. The highest BCUT2D eigenvalue weighted by Gasteiger charge is 2.15. The Morgan fingerprint density at radius 1 is 1.05 bits per heavy atom. The van der Waals surface area contributed by atoms with Crippen LogP contribution in [0.1, 0.15) is 11.1 Å². The monoisotopic (exact) mass is 340 g/mol. The van der Waals surface area contributed by atoms with Crippen molar-refractivity contribution in [1.82, 2.24) is 4.72 Å². The van der Waals surface area contributed by atoms with E-state index >= 15 is 0 Å². The molecule has 7 heteroatoms. The number of nitriles is 1. The number of hydrogen-bond acceptors (Lipinski definition) is 3. The van der Waals surface area contributed by atoms with Crippen LogP contribution in [0.15, 0.2) is 47.4 Å². The topological polar surface area (TPSA) is 70.0 Å². The molecule has 0 amide bonds. The lowest BCUT2D eigenvalue weighted by atomic mass is 10.1. The van der Waals surface area contributed by atoms with Gasteiger partial charge in [0.25, 0.3) is 0 Å². The average molecular weight is 341 g/mol. The predicted octanol–water partition coefficient (Wildman–Crippen LogP) is 3.34. The first-order valence-corrected chi connectivity index (χ1v) is 8.09. The summed E-state index contributed by atoms with van der Waals surface area (Å²) in [5, 5.41) is 9.20. The van der Waals surface area contributed by atoms with E-state index in [2.05, 4.69) is 4.72 Å². The Morgan fingerprint density at radius 3 is 2.14 bits per heavy atom. The van der Waals surface area contributed by atoms with Crippen LogP contribution >= 0.6 is 23.2 Å². The molecule has 2 aromatic rings. The first-order chi connectivity index (χ1) is 9.90. The van der Waals surface area contributed by atoms with Crippen molar-refractivity contribution < 1.29 is 8.42 Å². The maximum atomic E-state index is 12.2. The van der Waals surface area contributed by atoms with Gasteiger partial charge in [0, 0.05) is 16.6 Å². The molecule has 0 saturated carbocycles. The van der Waals surface area contributed by atoms with Crippen LogP contribution in [0.3, 0.4) is 0 Å². The molecule has 0 aliphatic carbocycles. The zero-order valence-electron chi connectivity index (χ0n) is 10.7. The standard InChI is InChI=1S/C14H10Cl2N2O2S/c15-12-5-13(16)7-14(6-12)21(19,20)18-9-11-3-1-10(8-17)2-4-11/h1-7,18H,9H2. The number of nitrogens with one attached hydrogen (secondary N) is 1. The van der Waals surface area contributed by atoms with Crippen molar-refractivity contribution >= 4 is 33.2 Å². The van der Waals surface area contributed by atoms with Gasteiger partial charge in [-0.15, -0.1) is 0 Å². The Morgan fingerprint density at radius 2 is 1.62 bits per heavy atom. The highest BCUT2D eigenvalue weighted by Crippen LogP contribution is 2.22. The summed E-state index contributed by atoms with van der Waals surface area (Å²) >= 11 is 11.6. The third kappa shape index (κ3) is 4.19.